The van der Waals surface area contributed by atoms with Gasteiger partial charge >= 0.3 is 12.1 Å². The van der Waals surface area contributed by atoms with Crippen LogP contribution in [0.3, 0.4) is 0 Å². The third-order valence-electron chi connectivity index (χ3n) is 2.07. The zero-order valence-electron chi connectivity index (χ0n) is 8.86. The highest BCUT2D eigenvalue weighted by Gasteiger charge is 2.46. The summed E-state index contributed by atoms with van der Waals surface area (Å²) in [4.78, 5) is 32.1. The minimum atomic E-state index is -1.05. The minimum Gasteiger partial charge on any atom is -0.465 e. The molecule has 1 atom stereocenters. The number of carbonyl (C=O) groups excluding carboxylic acids is 1. The highest BCUT2D eigenvalue weighted by molar-refractivity contribution is 7.99. The highest BCUT2D eigenvalue weighted by atomic mass is 32.2. The molecule has 3 amide bonds. The van der Waals surface area contributed by atoms with Crippen LogP contribution in [0.4, 0.5) is 9.59 Å². The summed E-state index contributed by atoms with van der Waals surface area (Å²) in [5, 5.41) is 13.2. The molecule has 7 nitrogen and oxygen atoms in total. The van der Waals surface area contributed by atoms with Crippen LogP contribution in [-0.4, -0.2) is 52.1 Å². The Morgan fingerprint density at radius 3 is 2.94 bits per heavy atom. The van der Waals surface area contributed by atoms with Crippen molar-refractivity contribution in [2.24, 2.45) is 0 Å². The van der Waals surface area contributed by atoms with E-state index in [0.29, 0.717) is 22.8 Å². The van der Waals surface area contributed by atoms with Crippen LogP contribution in [0.15, 0.2) is 0 Å². The van der Waals surface area contributed by atoms with Crippen molar-refractivity contribution in [1.29, 1.82) is 0 Å². The predicted molar refractivity (Wildman–Crippen MR) is 58.8 cm³/mol. The van der Waals surface area contributed by atoms with E-state index in [-0.39, 0.29) is 6.54 Å². The second-order valence-electron chi connectivity index (χ2n) is 3.81. The van der Waals surface area contributed by atoms with Crippen molar-refractivity contribution in [2.75, 3.05) is 24.6 Å². The quantitative estimate of drug-likeness (QED) is 0.478. The Hall–Kier alpha value is -1.31. The molecule has 1 aliphatic rings. The van der Waals surface area contributed by atoms with Gasteiger partial charge in [-0.2, -0.15) is 16.6 Å². The average Bonchev–Trinajstić information content (AvgIpc) is 2.40. The Morgan fingerprint density at radius 2 is 2.44 bits per heavy atom. The van der Waals surface area contributed by atoms with E-state index in [1.807, 2.05) is 0 Å². The Bertz CT molecular complexity index is 304. The van der Waals surface area contributed by atoms with E-state index in [1.54, 1.807) is 6.92 Å². The molecule has 0 aromatic heterocycles. The molecule has 0 radical (unpaired) electrons. The molecule has 0 aromatic rings. The molecule has 0 saturated carbocycles. The van der Waals surface area contributed by atoms with Crippen molar-refractivity contribution >= 4 is 23.9 Å². The number of amides is 3. The predicted octanol–water partition coefficient (Wildman–Crippen LogP) is 0.248. The SMILES string of the molecule is CC1(CSCCNC(=O)O)C[N+](=O)C(=O)N1. The zero-order valence-corrected chi connectivity index (χ0v) is 9.67. The fraction of sp³-hybridized carbons (Fsp3) is 0.750. The Kier molecular flexibility index (Phi) is 4.11. The number of hydrogen-bond acceptors (Lipinski definition) is 4. The van der Waals surface area contributed by atoms with Crippen LogP contribution in [0, 0.1) is 4.91 Å². The molecule has 1 heterocycles. The first-order valence-corrected chi connectivity index (χ1v) is 5.90. The number of rotatable bonds is 5. The van der Waals surface area contributed by atoms with E-state index in [1.165, 1.54) is 11.8 Å². The molecule has 3 N–H and O–H groups in total. The zero-order chi connectivity index (χ0) is 12.2. The molecule has 1 rings (SSSR count). The van der Waals surface area contributed by atoms with E-state index in [4.69, 9.17) is 5.11 Å². The lowest BCUT2D eigenvalue weighted by atomic mass is 10.1. The summed E-state index contributed by atoms with van der Waals surface area (Å²) >= 11 is 1.49. The maximum atomic E-state index is 11.0. The van der Waals surface area contributed by atoms with Gasteiger partial charge in [-0.1, -0.05) is 4.91 Å². The normalized spacial score (nSPS) is 24.3. The molecule has 0 aliphatic carbocycles. The minimum absolute atomic E-state index is 0.130. The molecular formula is C8H14N3O4S+. The molecule has 1 aliphatic heterocycles. The van der Waals surface area contributed by atoms with Gasteiger partial charge in [0, 0.05) is 22.8 Å². The summed E-state index contributed by atoms with van der Waals surface area (Å²) in [6.45, 7) is 2.27. The van der Waals surface area contributed by atoms with E-state index in [9.17, 15) is 14.5 Å². The second-order valence-corrected chi connectivity index (χ2v) is 4.92. The number of hydrogen-bond donors (Lipinski definition) is 3. The van der Waals surface area contributed by atoms with Crippen LogP contribution in [0.25, 0.3) is 0 Å². The number of nitrogens with zero attached hydrogens (tertiary/aromatic N) is 1. The first-order chi connectivity index (χ1) is 7.43. The third kappa shape index (κ3) is 3.69. The van der Waals surface area contributed by atoms with Gasteiger partial charge in [0.05, 0.1) is 0 Å². The largest absolute Gasteiger partial charge is 0.530 e. The van der Waals surface area contributed by atoms with Crippen LogP contribution >= 0.6 is 11.8 Å². The summed E-state index contributed by atoms with van der Waals surface area (Å²) in [5.41, 5.74) is -0.521. The average molecular weight is 248 g/mol. The van der Waals surface area contributed by atoms with E-state index < -0.39 is 17.7 Å². The van der Waals surface area contributed by atoms with Crippen LogP contribution in [0.2, 0.25) is 0 Å². The standard InChI is InChI=1S/C8H13N3O4S/c1-8(4-11(15)6(12)10-8)5-16-3-2-9-7(13)14/h9H,2-5H2,1H3,(H-,10,12,13,14)/p+1. The maximum Gasteiger partial charge on any atom is 0.530 e. The fourth-order valence-electron chi connectivity index (χ4n) is 1.36. The van der Waals surface area contributed by atoms with Gasteiger partial charge in [0.25, 0.3) is 0 Å². The maximum absolute atomic E-state index is 11.0. The molecule has 1 unspecified atom stereocenters. The number of urea groups is 1. The molecule has 0 aromatic carbocycles. The van der Waals surface area contributed by atoms with Gasteiger partial charge in [0.15, 0.2) is 12.1 Å². The number of thioether (sulfide) groups is 1. The fourth-order valence-corrected chi connectivity index (χ4v) is 2.36. The molecule has 1 saturated heterocycles. The van der Waals surface area contributed by atoms with Gasteiger partial charge in [-0.15, -0.1) is 0 Å². The lowest BCUT2D eigenvalue weighted by molar-refractivity contribution is -0.437. The molecule has 0 spiro atoms. The van der Waals surface area contributed by atoms with Crippen LogP contribution < -0.4 is 10.6 Å². The number of carboxylic acid groups (broad SMARTS) is 1. The molecule has 90 valence electrons. The summed E-state index contributed by atoms with van der Waals surface area (Å²) in [6.07, 6.45) is -1.05. The van der Waals surface area contributed by atoms with Crippen molar-refractivity contribution < 1.29 is 19.5 Å². The summed E-state index contributed by atoms with van der Waals surface area (Å²) < 4.78 is 0.399. The molecule has 16 heavy (non-hydrogen) atoms. The summed E-state index contributed by atoms with van der Waals surface area (Å²) in [6, 6.07) is -0.605. The lowest BCUT2D eigenvalue weighted by Crippen LogP contribution is -2.42. The van der Waals surface area contributed by atoms with Gasteiger partial charge in [0.1, 0.15) is 0 Å². The van der Waals surface area contributed by atoms with Gasteiger partial charge in [-0.3, -0.25) is 0 Å². The Balaban J connectivity index is 2.20. The van der Waals surface area contributed by atoms with Gasteiger partial charge in [-0.05, 0) is 6.92 Å². The van der Waals surface area contributed by atoms with Crippen LogP contribution in [0.5, 0.6) is 0 Å². The number of nitroso groups, excluding NO2 is 1. The number of nitrogens with one attached hydrogen (secondary N) is 2. The first-order valence-electron chi connectivity index (χ1n) is 4.74. The van der Waals surface area contributed by atoms with Crippen LogP contribution in [0.1, 0.15) is 6.92 Å². The number of carbonyl (C=O) groups is 2. The van der Waals surface area contributed by atoms with Crippen molar-refractivity contribution in [2.45, 2.75) is 12.5 Å². The van der Waals surface area contributed by atoms with E-state index in [2.05, 4.69) is 10.6 Å². The van der Waals surface area contributed by atoms with Crippen molar-refractivity contribution in [3.63, 3.8) is 0 Å². The van der Waals surface area contributed by atoms with Gasteiger partial charge < -0.3 is 10.4 Å². The van der Waals surface area contributed by atoms with Gasteiger partial charge in [-0.25, -0.2) is 10.1 Å². The van der Waals surface area contributed by atoms with Crippen molar-refractivity contribution in [3.8, 4) is 0 Å². The topological polar surface area (TPSA) is 98.5 Å². The van der Waals surface area contributed by atoms with Crippen LogP contribution in [-0.2, 0) is 0 Å². The van der Waals surface area contributed by atoms with Crippen molar-refractivity contribution in [1.82, 2.24) is 10.6 Å². The molecule has 0 bridgehead atoms. The molecular weight excluding hydrogens is 234 g/mol. The van der Waals surface area contributed by atoms with E-state index in [0.717, 1.165) is 0 Å². The van der Waals surface area contributed by atoms with Crippen molar-refractivity contribution in [3.05, 3.63) is 4.91 Å². The molecule has 1 fully saturated rings. The Labute approximate surface area is 96.5 Å². The molecule has 8 heteroatoms. The van der Waals surface area contributed by atoms with E-state index >= 15 is 0 Å². The monoisotopic (exact) mass is 248 g/mol. The second kappa shape index (κ2) is 5.15. The summed E-state index contributed by atoms with van der Waals surface area (Å²) in [7, 11) is 0. The first kappa shape index (κ1) is 12.8. The highest BCUT2D eigenvalue weighted by Crippen LogP contribution is 2.17. The van der Waals surface area contributed by atoms with Gasteiger partial charge in [0.2, 0.25) is 0 Å². The smallest absolute Gasteiger partial charge is 0.465 e. The lowest BCUT2D eigenvalue weighted by Gasteiger charge is -2.14. The Morgan fingerprint density at radius 1 is 1.75 bits per heavy atom. The third-order valence-corrected chi connectivity index (χ3v) is 3.41. The summed E-state index contributed by atoms with van der Waals surface area (Å²) in [5.74, 6) is 1.19.